The Morgan fingerprint density at radius 3 is 2.82 bits per heavy atom. The molecular weight excluding hydrogens is 214 g/mol. The maximum Gasteiger partial charge on any atom is 0.237 e. The van der Waals surface area contributed by atoms with E-state index in [1.165, 1.54) is 25.8 Å². The fraction of sp³-hybridized carbons (Fsp3) is 0.923. The van der Waals surface area contributed by atoms with Gasteiger partial charge in [0, 0.05) is 12.1 Å². The summed E-state index contributed by atoms with van der Waals surface area (Å²) in [5.41, 5.74) is 5.10. The summed E-state index contributed by atoms with van der Waals surface area (Å²) >= 11 is 0. The Labute approximate surface area is 104 Å². The number of hydrogen-bond acceptors (Lipinski definition) is 3. The normalized spacial score (nSPS) is 38.7. The molecule has 0 bridgehead atoms. The monoisotopic (exact) mass is 239 g/mol. The van der Waals surface area contributed by atoms with Crippen LogP contribution < -0.4 is 11.1 Å². The minimum atomic E-state index is -0.453. The van der Waals surface area contributed by atoms with E-state index in [-0.39, 0.29) is 5.91 Å². The molecule has 1 aliphatic heterocycles. The topological polar surface area (TPSA) is 58.4 Å². The Bertz CT molecular complexity index is 294. The van der Waals surface area contributed by atoms with Crippen molar-refractivity contribution in [3.8, 4) is 0 Å². The van der Waals surface area contributed by atoms with Crippen molar-refractivity contribution in [1.82, 2.24) is 10.2 Å². The van der Waals surface area contributed by atoms with E-state index in [9.17, 15) is 4.79 Å². The van der Waals surface area contributed by atoms with Gasteiger partial charge >= 0.3 is 0 Å². The molecule has 3 N–H and O–H groups in total. The Balaban J connectivity index is 2.04. The van der Waals surface area contributed by atoms with Gasteiger partial charge in [-0.05, 0) is 52.1 Å². The van der Waals surface area contributed by atoms with Gasteiger partial charge in [0.15, 0.2) is 0 Å². The lowest BCUT2D eigenvalue weighted by Gasteiger charge is -2.32. The van der Waals surface area contributed by atoms with Crippen LogP contribution in [0.3, 0.4) is 0 Å². The smallest absolute Gasteiger partial charge is 0.237 e. The van der Waals surface area contributed by atoms with Crippen LogP contribution in [0.15, 0.2) is 0 Å². The van der Waals surface area contributed by atoms with Crippen molar-refractivity contribution in [2.75, 3.05) is 13.6 Å². The summed E-state index contributed by atoms with van der Waals surface area (Å²) in [7, 11) is 1.86. The van der Waals surface area contributed by atoms with Gasteiger partial charge in [0.05, 0.1) is 5.54 Å². The van der Waals surface area contributed by atoms with E-state index in [0.717, 1.165) is 25.3 Å². The molecule has 17 heavy (non-hydrogen) atoms. The highest BCUT2D eigenvalue weighted by molar-refractivity contribution is 5.85. The fourth-order valence-electron chi connectivity index (χ4n) is 3.65. The number of amides is 1. The third kappa shape index (κ3) is 2.20. The molecule has 0 radical (unpaired) electrons. The molecule has 3 unspecified atom stereocenters. The first kappa shape index (κ1) is 12.8. The van der Waals surface area contributed by atoms with E-state index in [4.69, 9.17) is 5.73 Å². The van der Waals surface area contributed by atoms with Crippen LogP contribution >= 0.6 is 0 Å². The summed E-state index contributed by atoms with van der Waals surface area (Å²) in [6.07, 6.45) is 6.71. The minimum Gasteiger partial charge on any atom is -0.368 e. The van der Waals surface area contributed by atoms with Crippen molar-refractivity contribution >= 4 is 5.91 Å². The van der Waals surface area contributed by atoms with Crippen LogP contribution in [0.5, 0.6) is 0 Å². The molecule has 4 heteroatoms. The lowest BCUT2D eigenvalue weighted by Crippen LogP contribution is -2.53. The second-order valence-corrected chi connectivity index (χ2v) is 5.54. The summed E-state index contributed by atoms with van der Waals surface area (Å²) in [5, 5.41) is 3.16. The van der Waals surface area contributed by atoms with Gasteiger partial charge in [-0.3, -0.25) is 9.69 Å². The van der Waals surface area contributed by atoms with Crippen LogP contribution in [0.2, 0.25) is 0 Å². The zero-order valence-corrected chi connectivity index (χ0v) is 11.0. The first-order valence-electron chi connectivity index (χ1n) is 6.87. The van der Waals surface area contributed by atoms with Crippen molar-refractivity contribution < 1.29 is 4.79 Å². The number of nitrogens with two attached hydrogens (primary N) is 1. The molecule has 2 rings (SSSR count). The summed E-state index contributed by atoms with van der Waals surface area (Å²) < 4.78 is 0. The first-order valence-corrected chi connectivity index (χ1v) is 6.87. The molecule has 0 aromatic heterocycles. The largest absolute Gasteiger partial charge is 0.368 e. The number of rotatable bonds is 4. The Morgan fingerprint density at radius 2 is 2.29 bits per heavy atom. The number of nitrogens with one attached hydrogen (secondary N) is 1. The quantitative estimate of drug-likeness (QED) is 0.765. The SMILES string of the molecule is CCC1CCCN1C1CCC(NC)(C(N)=O)C1. The highest BCUT2D eigenvalue weighted by atomic mass is 16.1. The predicted molar refractivity (Wildman–Crippen MR) is 68.6 cm³/mol. The van der Waals surface area contributed by atoms with Gasteiger partial charge in [-0.2, -0.15) is 0 Å². The lowest BCUT2D eigenvalue weighted by molar-refractivity contribution is -0.124. The number of likely N-dealkylation sites (N-methyl/N-ethyl adjacent to an activating group) is 1. The Kier molecular flexibility index (Phi) is 3.73. The molecule has 3 atom stereocenters. The van der Waals surface area contributed by atoms with E-state index >= 15 is 0 Å². The van der Waals surface area contributed by atoms with Crippen LogP contribution in [0.1, 0.15) is 45.4 Å². The number of likely N-dealkylation sites (tertiary alicyclic amines) is 1. The molecule has 4 nitrogen and oxygen atoms in total. The molecule has 1 aliphatic carbocycles. The lowest BCUT2D eigenvalue weighted by atomic mass is 9.96. The van der Waals surface area contributed by atoms with Crippen LogP contribution in [0.4, 0.5) is 0 Å². The van der Waals surface area contributed by atoms with Gasteiger partial charge in [0.25, 0.3) is 0 Å². The second kappa shape index (κ2) is 4.94. The summed E-state index contributed by atoms with van der Waals surface area (Å²) in [6, 6.07) is 1.27. The van der Waals surface area contributed by atoms with E-state index < -0.39 is 5.54 Å². The third-order valence-corrected chi connectivity index (χ3v) is 4.80. The van der Waals surface area contributed by atoms with Crippen molar-refractivity contribution in [3.63, 3.8) is 0 Å². The number of carbonyl (C=O) groups excluding carboxylic acids is 1. The molecule has 1 heterocycles. The minimum absolute atomic E-state index is 0.185. The van der Waals surface area contributed by atoms with E-state index in [2.05, 4.69) is 17.1 Å². The third-order valence-electron chi connectivity index (χ3n) is 4.80. The summed E-state index contributed by atoms with van der Waals surface area (Å²) in [6.45, 7) is 3.46. The fourth-order valence-corrected chi connectivity index (χ4v) is 3.65. The highest BCUT2D eigenvalue weighted by Crippen LogP contribution is 2.36. The maximum absolute atomic E-state index is 11.6. The number of carbonyl (C=O) groups is 1. The van der Waals surface area contributed by atoms with Crippen molar-refractivity contribution in [2.45, 2.75) is 63.1 Å². The summed E-state index contributed by atoms with van der Waals surface area (Å²) in [4.78, 5) is 14.2. The molecule has 98 valence electrons. The van der Waals surface area contributed by atoms with Gasteiger partial charge in [-0.15, -0.1) is 0 Å². The Morgan fingerprint density at radius 1 is 1.53 bits per heavy atom. The maximum atomic E-state index is 11.6. The molecule has 1 saturated heterocycles. The molecule has 2 fully saturated rings. The average Bonchev–Trinajstić information content (AvgIpc) is 2.95. The molecule has 0 spiro atoms. The van der Waals surface area contributed by atoms with Crippen LogP contribution in [0, 0.1) is 0 Å². The predicted octanol–water partition coefficient (Wildman–Crippen LogP) is 0.857. The van der Waals surface area contributed by atoms with Crippen molar-refractivity contribution in [3.05, 3.63) is 0 Å². The van der Waals surface area contributed by atoms with E-state index in [0.29, 0.717) is 6.04 Å². The highest BCUT2D eigenvalue weighted by Gasteiger charge is 2.46. The summed E-state index contributed by atoms with van der Waals surface area (Å²) in [5.74, 6) is -0.185. The molecule has 0 aromatic rings. The van der Waals surface area contributed by atoms with Gasteiger partial charge in [0.1, 0.15) is 0 Å². The Hall–Kier alpha value is -0.610. The van der Waals surface area contributed by atoms with Crippen LogP contribution in [-0.2, 0) is 4.79 Å². The van der Waals surface area contributed by atoms with Gasteiger partial charge in [0.2, 0.25) is 5.91 Å². The average molecular weight is 239 g/mol. The standard InChI is InChI=1S/C13H25N3O/c1-3-10-5-4-8-16(10)11-6-7-13(9-11,15-2)12(14)17/h10-11,15H,3-9H2,1-2H3,(H2,14,17). The van der Waals surface area contributed by atoms with Gasteiger partial charge in [-0.25, -0.2) is 0 Å². The van der Waals surface area contributed by atoms with E-state index in [1.54, 1.807) is 0 Å². The molecular formula is C13H25N3O. The van der Waals surface area contributed by atoms with Crippen molar-refractivity contribution in [2.24, 2.45) is 5.73 Å². The van der Waals surface area contributed by atoms with E-state index in [1.807, 2.05) is 7.05 Å². The first-order chi connectivity index (χ1) is 8.13. The van der Waals surface area contributed by atoms with Crippen molar-refractivity contribution in [1.29, 1.82) is 0 Å². The van der Waals surface area contributed by atoms with Crippen LogP contribution in [0.25, 0.3) is 0 Å². The second-order valence-electron chi connectivity index (χ2n) is 5.54. The van der Waals surface area contributed by atoms with Gasteiger partial charge in [-0.1, -0.05) is 6.92 Å². The number of primary amides is 1. The molecule has 2 aliphatic rings. The number of hydrogen-bond donors (Lipinski definition) is 2. The zero-order chi connectivity index (χ0) is 12.5. The number of nitrogens with zero attached hydrogens (tertiary/aromatic N) is 1. The molecule has 1 amide bonds. The zero-order valence-electron chi connectivity index (χ0n) is 11.0. The van der Waals surface area contributed by atoms with Gasteiger partial charge < -0.3 is 11.1 Å². The molecule has 1 saturated carbocycles. The van der Waals surface area contributed by atoms with Crippen LogP contribution in [-0.4, -0.2) is 42.0 Å². The molecule has 0 aromatic carbocycles.